The number of benzene rings is 2. The first kappa shape index (κ1) is 15.9. The van der Waals surface area contributed by atoms with Crippen molar-refractivity contribution in [3.05, 3.63) is 63.2 Å². The van der Waals surface area contributed by atoms with Crippen molar-refractivity contribution >= 4 is 11.6 Å². The minimum atomic E-state index is -0.196. The molecule has 0 radical (unpaired) electrons. The molecule has 2 rings (SSSR count). The molecule has 1 nitrogen and oxygen atoms in total. The van der Waals surface area contributed by atoms with E-state index < -0.39 is 0 Å². The number of rotatable bonds is 3. The molecule has 0 aliphatic heterocycles. The zero-order valence-electron chi connectivity index (χ0n) is 13.7. The van der Waals surface area contributed by atoms with Crippen LogP contribution in [-0.4, -0.2) is 7.11 Å². The highest BCUT2D eigenvalue weighted by Crippen LogP contribution is 2.40. The van der Waals surface area contributed by atoms with Crippen molar-refractivity contribution in [3.63, 3.8) is 0 Å². The molecule has 2 aromatic carbocycles. The lowest BCUT2D eigenvalue weighted by atomic mass is 9.89. The van der Waals surface area contributed by atoms with E-state index in [-0.39, 0.29) is 5.38 Å². The molecular formula is C19H23ClO. The summed E-state index contributed by atoms with van der Waals surface area (Å²) in [6.45, 7) is 10.7. The van der Waals surface area contributed by atoms with E-state index in [1.165, 1.54) is 33.4 Å². The van der Waals surface area contributed by atoms with Gasteiger partial charge < -0.3 is 4.74 Å². The molecule has 0 spiro atoms. The molecule has 0 N–H and O–H groups in total. The van der Waals surface area contributed by atoms with Gasteiger partial charge in [0.2, 0.25) is 0 Å². The molecule has 0 aliphatic rings. The number of ether oxygens (including phenoxy) is 1. The average Bonchev–Trinajstić information content (AvgIpc) is 2.45. The largest absolute Gasteiger partial charge is 0.496 e. The summed E-state index contributed by atoms with van der Waals surface area (Å²) in [6, 6.07) is 8.39. The summed E-state index contributed by atoms with van der Waals surface area (Å²) >= 11 is 6.86. The van der Waals surface area contributed by atoms with Crippen molar-refractivity contribution in [1.82, 2.24) is 0 Å². The highest BCUT2D eigenvalue weighted by molar-refractivity contribution is 6.23. The van der Waals surface area contributed by atoms with Crippen LogP contribution in [0, 0.1) is 34.6 Å². The molecule has 0 saturated heterocycles. The van der Waals surface area contributed by atoms with E-state index in [0.29, 0.717) is 0 Å². The summed E-state index contributed by atoms with van der Waals surface area (Å²) in [4.78, 5) is 0. The van der Waals surface area contributed by atoms with Crippen LogP contribution in [0.1, 0.15) is 44.3 Å². The van der Waals surface area contributed by atoms with E-state index in [1.54, 1.807) is 7.11 Å². The first-order valence-electron chi connectivity index (χ1n) is 7.22. The van der Waals surface area contributed by atoms with Crippen LogP contribution in [0.4, 0.5) is 0 Å². The lowest BCUT2D eigenvalue weighted by Gasteiger charge is -2.22. The van der Waals surface area contributed by atoms with Gasteiger partial charge in [-0.05, 0) is 68.5 Å². The van der Waals surface area contributed by atoms with Crippen molar-refractivity contribution in [1.29, 1.82) is 0 Å². The molecule has 0 heterocycles. The zero-order chi connectivity index (χ0) is 15.7. The Labute approximate surface area is 132 Å². The molecule has 2 heteroatoms. The predicted octanol–water partition coefficient (Wildman–Crippen LogP) is 5.57. The molecule has 0 bridgehead atoms. The van der Waals surface area contributed by atoms with E-state index in [2.05, 4.69) is 46.8 Å². The fraction of sp³-hybridized carbons (Fsp3) is 0.368. The number of aryl methyl sites for hydroxylation is 3. The highest BCUT2D eigenvalue weighted by atomic mass is 35.5. The second-order valence-electron chi connectivity index (χ2n) is 5.78. The number of hydrogen-bond acceptors (Lipinski definition) is 1. The van der Waals surface area contributed by atoms with Gasteiger partial charge in [-0.1, -0.05) is 23.8 Å². The Bertz CT molecular complexity index is 648. The van der Waals surface area contributed by atoms with Gasteiger partial charge >= 0.3 is 0 Å². The van der Waals surface area contributed by atoms with E-state index in [9.17, 15) is 0 Å². The van der Waals surface area contributed by atoms with Gasteiger partial charge in [0.15, 0.2) is 0 Å². The quantitative estimate of drug-likeness (QED) is 0.674. The fourth-order valence-corrected chi connectivity index (χ4v) is 3.33. The number of halogens is 1. The molecule has 0 fully saturated rings. The Morgan fingerprint density at radius 1 is 0.905 bits per heavy atom. The van der Waals surface area contributed by atoms with Crippen molar-refractivity contribution in [3.8, 4) is 5.75 Å². The monoisotopic (exact) mass is 302 g/mol. The topological polar surface area (TPSA) is 9.23 Å². The summed E-state index contributed by atoms with van der Waals surface area (Å²) in [6.07, 6.45) is 0. The molecule has 1 atom stereocenters. The van der Waals surface area contributed by atoms with Crippen molar-refractivity contribution < 1.29 is 4.74 Å². The van der Waals surface area contributed by atoms with Gasteiger partial charge in [-0.3, -0.25) is 0 Å². The van der Waals surface area contributed by atoms with Gasteiger partial charge in [-0.15, -0.1) is 11.6 Å². The average molecular weight is 303 g/mol. The van der Waals surface area contributed by atoms with Gasteiger partial charge in [-0.2, -0.15) is 0 Å². The fourth-order valence-electron chi connectivity index (χ4n) is 2.83. The summed E-state index contributed by atoms with van der Waals surface area (Å²) in [7, 11) is 1.69. The lowest BCUT2D eigenvalue weighted by Crippen LogP contribution is -2.05. The maximum absolute atomic E-state index is 6.86. The maximum atomic E-state index is 6.86. The normalized spacial score (nSPS) is 12.3. The van der Waals surface area contributed by atoms with E-state index in [1.807, 2.05) is 12.1 Å². The van der Waals surface area contributed by atoms with E-state index in [4.69, 9.17) is 16.3 Å². The Hall–Kier alpha value is -1.47. The highest BCUT2D eigenvalue weighted by Gasteiger charge is 2.21. The van der Waals surface area contributed by atoms with Gasteiger partial charge in [0.25, 0.3) is 0 Å². The lowest BCUT2D eigenvalue weighted by molar-refractivity contribution is 0.410. The molecule has 2 aromatic rings. The van der Waals surface area contributed by atoms with Crippen molar-refractivity contribution in [2.75, 3.05) is 7.11 Å². The van der Waals surface area contributed by atoms with E-state index in [0.717, 1.165) is 11.3 Å². The SMILES string of the molecule is COc1ccc(C)cc1C(Cl)c1c(C)c(C)cc(C)c1C. The summed E-state index contributed by atoms with van der Waals surface area (Å²) in [5.41, 5.74) is 8.53. The molecule has 0 aliphatic carbocycles. The van der Waals surface area contributed by atoms with Crippen LogP contribution in [0.5, 0.6) is 5.75 Å². The molecular weight excluding hydrogens is 280 g/mol. The van der Waals surface area contributed by atoms with Crippen LogP contribution in [0.25, 0.3) is 0 Å². The van der Waals surface area contributed by atoms with Gasteiger partial charge in [-0.25, -0.2) is 0 Å². The summed E-state index contributed by atoms with van der Waals surface area (Å²) in [5.74, 6) is 0.846. The zero-order valence-corrected chi connectivity index (χ0v) is 14.4. The second-order valence-corrected chi connectivity index (χ2v) is 6.22. The molecule has 1 unspecified atom stereocenters. The molecule has 21 heavy (non-hydrogen) atoms. The van der Waals surface area contributed by atoms with Crippen molar-refractivity contribution in [2.24, 2.45) is 0 Å². The first-order chi connectivity index (χ1) is 9.86. The molecule has 0 saturated carbocycles. The Balaban J connectivity index is 2.65. The minimum absolute atomic E-state index is 0.196. The standard InChI is InChI=1S/C19H23ClO/c1-11-7-8-17(21-6)16(9-11)19(20)18-14(4)12(2)10-13(3)15(18)5/h7-10,19H,1-6H3. The Morgan fingerprint density at radius 3 is 2.00 bits per heavy atom. The van der Waals surface area contributed by atoms with E-state index >= 15 is 0 Å². The van der Waals surface area contributed by atoms with Gasteiger partial charge in [0.1, 0.15) is 5.75 Å². The number of methoxy groups -OCH3 is 1. The number of hydrogen-bond donors (Lipinski definition) is 0. The molecule has 0 amide bonds. The van der Waals surface area contributed by atoms with Crippen LogP contribution < -0.4 is 4.74 Å². The second kappa shape index (κ2) is 6.11. The third-order valence-corrected chi connectivity index (χ3v) is 4.79. The minimum Gasteiger partial charge on any atom is -0.496 e. The van der Waals surface area contributed by atoms with Crippen LogP contribution in [-0.2, 0) is 0 Å². The molecule has 112 valence electrons. The number of alkyl halides is 1. The van der Waals surface area contributed by atoms with Crippen LogP contribution >= 0.6 is 11.6 Å². The van der Waals surface area contributed by atoms with Crippen molar-refractivity contribution in [2.45, 2.75) is 40.0 Å². The maximum Gasteiger partial charge on any atom is 0.123 e. The summed E-state index contributed by atoms with van der Waals surface area (Å²) in [5, 5.41) is -0.196. The third kappa shape index (κ3) is 2.94. The van der Waals surface area contributed by atoms with Crippen LogP contribution in [0.3, 0.4) is 0 Å². The first-order valence-corrected chi connectivity index (χ1v) is 7.66. The van der Waals surface area contributed by atoms with Crippen LogP contribution in [0.2, 0.25) is 0 Å². The predicted molar refractivity (Wildman–Crippen MR) is 90.8 cm³/mol. The van der Waals surface area contributed by atoms with Crippen LogP contribution in [0.15, 0.2) is 24.3 Å². The Kier molecular flexibility index (Phi) is 4.63. The Morgan fingerprint density at radius 2 is 1.48 bits per heavy atom. The third-order valence-electron chi connectivity index (χ3n) is 4.34. The summed E-state index contributed by atoms with van der Waals surface area (Å²) < 4.78 is 5.50. The van der Waals surface area contributed by atoms with Gasteiger partial charge in [0, 0.05) is 5.56 Å². The molecule has 0 aromatic heterocycles. The smallest absolute Gasteiger partial charge is 0.123 e. The van der Waals surface area contributed by atoms with Gasteiger partial charge in [0.05, 0.1) is 12.5 Å².